The molecule has 0 saturated carbocycles. The van der Waals surface area contributed by atoms with Crippen LogP contribution in [-0.2, 0) is 0 Å². The monoisotopic (exact) mass is 387 g/mol. The summed E-state index contributed by atoms with van der Waals surface area (Å²) in [5, 5.41) is 17.5. The summed E-state index contributed by atoms with van der Waals surface area (Å²) in [6.45, 7) is 2.13. The minimum absolute atomic E-state index is 0.282. The summed E-state index contributed by atoms with van der Waals surface area (Å²) < 4.78 is 15.5. The van der Waals surface area contributed by atoms with Gasteiger partial charge >= 0.3 is 0 Å². The van der Waals surface area contributed by atoms with E-state index >= 15 is 0 Å². The molecule has 4 rings (SSSR count). The molecule has 1 heterocycles. The van der Waals surface area contributed by atoms with Gasteiger partial charge in [0.25, 0.3) is 5.56 Å². The van der Waals surface area contributed by atoms with E-state index in [1.54, 1.807) is 19.1 Å². The van der Waals surface area contributed by atoms with Crippen LogP contribution in [0.1, 0.15) is 12.5 Å². The molecule has 0 amide bonds. The Morgan fingerprint density at radius 3 is 2.48 bits per heavy atom. The van der Waals surface area contributed by atoms with Crippen LogP contribution >= 0.6 is 0 Å². The summed E-state index contributed by atoms with van der Waals surface area (Å²) in [4.78, 5) is 13.0. The standard InChI is InChI=1S/C23H18FN3O2/c1-2-26(29)15-16-6-5-7-17(14-16)22-20-8-3-4-9-21(20)23(28)27(25-22)19-12-10-18(24)11-13-19/h3-15H,2H2,1H3. The van der Waals surface area contributed by atoms with Crippen LogP contribution in [0.5, 0.6) is 0 Å². The second-order valence-electron chi connectivity index (χ2n) is 6.58. The summed E-state index contributed by atoms with van der Waals surface area (Å²) in [6, 6.07) is 20.3. The van der Waals surface area contributed by atoms with Crippen LogP contribution in [0.15, 0.2) is 77.6 Å². The average Bonchev–Trinajstić information content (AvgIpc) is 2.75. The van der Waals surface area contributed by atoms with Gasteiger partial charge in [0.05, 0.1) is 16.8 Å². The van der Waals surface area contributed by atoms with E-state index in [1.807, 2.05) is 36.4 Å². The molecule has 144 valence electrons. The maximum absolute atomic E-state index is 13.3. The van der Waals surface area contributed by atoms with Crippen molar-refractivity contribution in [2.24, 2.45) is 0 Å². The van der Waals surface area contributed by atoms with Gasteiger partial charge in [-0.2, -0.15) is 9.78 Å². The zero-order chi connectivity index (χ0) is 20.4. The van der Waals surface area contributed by atoms with Gasteiger partial charge in [0, 0.05) is 16.5 Å². The fraction of sp³-hybridized carbons (Fsp3) is 0.0870. The maximum Gasteiger partial charge on any atom is 0.279 e. The Balaban J connectivity index is 1.98. The number of fused-ring (bicyclic) bond motifs is 1. The highest BCUT2D eigenvalue weighted by atomic mass is 19.1. The van der Waals surface area contributed by atoms with E-state index in [9.17, 15) is 14.4 Å². The fourth-order valence-electron chi connectivity index (χ4n) is 3.18. The lowest BCUT2D eigenvalue weighted by Gasteiger charge is -2.12. The fourth-order valence-corrected chi connectivity index (χ4v) is 3.18. The molecule has 0 atom stereocenters. The van der Waals surface area contributed by atoms with Crippen molar-refractivity contribution in [3.8, 4) is 16.9 Å². The topological polar surface area (TPSA) is 61.0 Å². The SMILES string of the molecule is CC[N+]([O-])=Cc1cccc(-c2nn(-c3ccc(F)cc3)c(=O)c3ccccc23)c1. The summed E-state index contributed by atoms with van der Waals surface area (Å²) in [5.74, 6) is -0.385. The van der Waals surface area contributed by atoms with Gasteiger partial charge in [-0.15, -0.1) is 0 Å². The van der Waals surface area contributed by atoms with E-state index in [0.717, 1.165) is 15.9 Å². The number of halogens is 1. The number of rotatable bonds is 4. The Kier molecular flexibility index (Phi) is 4.91. The first kappa shape index (κ1) is 18.6. The average molecular weight is 387 g/mol. The third-order valence-corrected chi connectivity index (χ3v) is 4.64. The first-order valence-electron chi connectivity index (χ1n) is 9.24. The molecule has 0 saturated heterocycles. The van der Waals surface area contributed by atoms with Gasteiger partial charge in [0.1, 0.15) is 5.82 Å². The highest BCUT2D eigenvalue weighted by Crippen LogP contribution is 2.26. The summed E-state index contributed by atoms with van der Waals surface area (Å²) in [7, 11) is 0. The Bertz CT molecular complexity index is 1280. The van der Waals surface area contributed by atoms with Crippen molar-refractivity contribution < 1.29 is 9.13 Å². The van der Waals surface area contributed by atoms with Gasteiger partial charge in [-0.25, -0.2) is 9.13 Å². The molecule has 0 fully saturated rings. The lowest BCUT2D eigenvalue weighted by atomic mass is 10.0. The molecule has 4 aromatic rings. The molecular formula is C23H18FN3O2. The van der Waals surface area contributed by atoms with Crippen LogP contribution in [0.25, 0.3) is 27.7 Å². The molecule has 0 bridgehead atoms. The van der Waals surface area contributed by atoms with Crippen molar-refractivity contribution in [1.82, 2.24) is 9.78 Å². The summed E-state index contributed by atoms with van der Waals surface area (Å²) in [5.41, 5.74) is 2.31. The minimum Gasteiger partial charge on any atom is -0.624 e. The number of nitrogens with zero attached hydrogens (tertiary/aromatic N) is 3. The van der Waals surface area contributed by atoms with Crippen LogP contribution in [0, 0.1) is 11.0 Å². The first-order valence-corrected chi connectivity index (χ1v) is 9.24. The van der Waals surface area contributed by atoms with Gasteiger partial charge in [-0.3, -0.25) is 4.79 Å². The Morgan fingerprint density at radius 1 is 1.03 bits per heavy atom. The third kappa shape index (κ3) is 3.65. The smallest absolute Gasteiger partial charge is 0.279 e. The second-order valence-corrected chi connectivity index (χ2v) is 6.58. The Labute approximate surface area is 166 Å². The quantitative estimate of drug-likeness (QED) is 0.229. The van der Waals surface area contributed by atoms with E-state index in [0.29, 0.717) is 28.7 Å². The zero-order valence-corrected chi connectivity index (χ0v) is 15.7. The number of hydrogen-bond acceptors (Lipinski definition) is 3. The third-order valence-electron chi connectivity index (χ3n) is 4.64. The molecule has 0 aliphatic rings. The molecule has 0 aliphatic carbocycles. The molecule has 3 aromatic carbocycles. The van der Waals surface area contributed by atoms with Crippen LogP contribution in [-0.4, -0.2) is 27.3 Å². The molecular weight excluding hydrogens is 369 g/mol. The van der Waals surface area contributed by atoms with Crippen LogP contribution < -0.4 is 5.56 Å². The largest absolute Gasteiger partial charge is 0.624 e. The van der Waals surface area contributed by atoms with Gasteiger partial charge in [0.2, 0.25) is 0 Å². The van der Waals surface area contributed by atoms with Crippen LogP contribution in [0.3, 0.4) is 0 Å². The van der Waals surface area contributed by atoms with Crippen molar-refractivity contribution in [2.45, 2.75) is 6.92 Å². The predicted octanol–water partition coefficient (Wildman–Crippen LogP) is 4.14. The molecule has 0 spiro atoms. The number of hydroxylamine groups is 1. The number of benzene rings is 3. The molecule has 0 aliphatic heterocycles. The second kappa shape index (κ2) is 7.67. The normalized spacial score (nSPS) is 11.7. The summed E-state index contributed by atoms with van der Waals surface area (Å²) in [6.07, 6.45) is 1.52. The van der Waals surface area contributed by atoms with Gasteiger partial charge in [-0.05, 0) is 49.4 Å². The van der Waals surface area contributed by atoms with Crippen LogP contribution in [0.4, 0.5) is 4.39 Å². The van der Waals surface area contributed by atoms with E-state index in [2.05, 4.69) is 5.10 Å². The Hall–Kier alpha value is -3.80. The molecule has 0 N–H and O–H groups in total. The first-order chi connectivity index (χ1) is 14.1. The zero-order valence-electron chi connectivity index (χ0n) is 15.7. The van der Waals surface area contributed by atoms with Gasteiger partial charge in [0.15, 0.2) is 12.8 Å². The molecule has 6 heteroatoms. The van der Waals surface area contributed by atoms with Gasteiger partial charge in [-0.1, -0.05) is 30.3 Å². The predicted molar refractivity (Wildman–Crippen MR) is 112 cm³/mol. The summed E-state index contributed by atoms with van der Waals surface area (Å²) >= 11 is 0. The lowest BCUT2D eigenvalue weighted by molar-refractivity contribution is -0.447. The van der Waals surface area contributed by atoms with Crippen molar-refractivity contribution >= 4 is 17.0 Å². The van der Waals surface area contributed by atoms with Crippen molar-refractivity contribution in [2.75, 3.05) is 6.54 Å². The minimum atomic E-state index is -0.385. The lowest BCUT2D eigenvalue weighted by Crippen LogP contribution is -2.22. The van der Waals surface area contributed by atoms with Crippen molar-refractivity contribution in [3.05, 3.63) is 99.7 Å². The van der Waals surface area contributed by atoms with E-state index < -0.39 is 0 Å². The Morgan fingerprint density at radius 2 is 1.76 bits per heavy atom. The van der Waals surface area contributed by atoms with E-state index in [-0.39, 0.29) is 11.4 Å². The number of aromatic nitrogens is 2. The van der Waals surface area contributed by atoms with E-state index in [4.69, 9.17) is 0 Å². The van der Waals surface area contributed by atoms with E-state index in [1.165, 1.54) is 35.2 Å². The van der Waals surface area contributed by atoms with Crippen LogP contribution in [0.2, 0.25) is 0 Å². The molecule has 0 radical (unpaired) electrons. The maximum atomic E-state index is 13.3. The van der Waals surface area contributed by atoms with Crippen molar-refractivity contribution in [3.63, 3.8) is 0 Å². The van der Waals surface area contributed by atoms with Gasteiger partial charge < -0.3 is 5.21 Å². The number of hydrogen-bond donors (Lipinski definition) is 0. The highest BCUT2D eigenvalue weighted by molar-refractivity contribution is 5.94. The molecule has 0 unspecified atom stereocenters. The molecule has 5 nitrogen and oxygen atoms in total. The van der Waals surface area contributed by atoms with Crippen molar-refractivity contribution in [1.29, 1.82) is 0 Å². The molecule has 29 heavy (non-hydrogen) atoms. The highest BCUT2D eigenvalue weighted by Gasteiger charge is 2.14. The molecule has 1 aromatic heterocycles.